The Morgan fingerprint density at radius 3 is 2.33 bits per heavy atom. The summed E-state index contributed by atoms with van der Waals surface area (Å²) in [7, 11) is 1.91. The molecule has 0 N–H and O–H groups in total. The number of carbonyl (C=O) groups excluding carboxylic acids is 1. The lowest BCUT2D eigenvalue weighted by Gasteiger charge is -2.31. The Kier molecular flexibility index (Phi) is 5.80. The van der Waals surface area contributed by atoms with E-state index in [0.29, 0.717) is 11.9 Å². The molecule has 1 aromatic carbocycles. The molecule has 4 heterocycles. The number of carbonyl (C=O) groups is 1. The van der Waals surface area contributed by atoms with E-state index in [9.17, 15) is 4.79 Å². The molecule has 1 fully saturated rings. The number of piperidine rings is 1. The van der Waals surface area contributed by atoms with Crippen LogP contribution in [0.5, 0.6) is 0 Å². The molecule has 0 amide bonds. The minimum Gasteiger partial charge on any atom is -0.377 e. The van der Waals surface area contributed by atoms with Gasteiger partial charge in [0.25, 0.3) is 0 Å². The summed E-state index contributed by atoms with van der Waals surface area (Å²) < 4.78 is 3.84. The Bertz CT molecular complexity index is 1260. The highest BCUT2D eigenvalue weighted by molar-refractivity contribution is 5.70. The third-order valence-corrected chi connectivity index (χ3v) is 5.99. The lowest BCUT2D eigenvalue weighted by Crippen LogP contribution is -2.31. The molecule has 5 rings (SSSR count). The predicted octanol–water partition coefficient (Wildman–Crippen LogP) is 3.76. The molecule has 0 radical (unpaired) electrons. The van der Waals surface area contributed by atoms with Crippen molar-refractivity contribution < 1.29 is 4.79 Å². The van der Waals surface area contributed by atoms with Gasteiger partial charge in [0.05, 0.1) is 18.4 Å². The largest absolute Gasteiger partial charge is 0.377 e. The number of hydrogen-bond acceptors (Lipinski definition) is 6. The number of aromatic nitrogens is 6. The second-order valence-electron chi connectivity index (χ2n) is 8.23. The van der Waals surface area contributed by atoms with Gasteiger partial charge in [-0.15, -0.1) is 0 Å². The van der Waals surface area contributed by atoms with E-state index in [1.165, 1.54) is 0 Å². The van der Waals surface area contributed by atoms with E-state index in [4.69, 9.17) is 0 Å². The van der Waals surface area contributed by atoms with Crippen LogP contribution in [0.1, 0.15) is 18.9 Å². The van der Waals surface area contributed by atoms with Crippen molar-refractivity contribution in [2.45, 2.75) is 18.9 Å². The number of nitrogens with zero attached hydrogens (tertiary/aromatic N) is 7. The zero-order chi connectivity index (χ0) is 22.6. The van der Waals surface area contributed by atoms with E-state index in [1.807, 2.05) is 61.0 Å². The van der Waals surface area contributed by atoms with E-state index in [1.54, 1.807) is 10.8 Å². The third kappa shape index (κ3) is 4.59. The molecule has 0 spiro atoms. The zero-order valence-corrected chi connectivity index (χ0v) is 18.5. The number of rotatable bonds is 6. The van der Waals surface area contributed by atoms with Crippen molar-refractivity contribution in [3.05, 3.63) is 73.7 Å². The van der Waals surface area contributed by atoms with Crippen LogP contribution in [0, 0.1) is 0 Å². The van der Waals surface area contributed by atoms with Crippen molar-refractivity contribution in [1.82, 2.24) is 34.4 Å². The zero-order valence-electron chi connectivity index (χ0n) is 18.5. The topological polar surface area (TPSA) is 81.7 Å². The fourth-order valence-corrected chi connectivity index (χ4v) is 4.18. The van der Waals surface area contributed by atoms with Gasteiger partial charge in [-0.3, -0.25) is 14.2 Å². The van der Waals surface area contributed by atoms with Gasteiger partial charge in [-0.2, -0.15) is 10.2 Å². The van der Waals surface area contributed by atoms with E-state index < -0.39 is 0 Å². The van der Waals surface area contributed by atoms with Gasteiger partial charge in [0.15, 0.2) is 5.82 Å². The van der Waals surface area contributed by atoms with Gasteiger partial charge >= 0.3 is 0 Å². The van der Waals surface area contributed by atoms with Crippen LogP contribution in [0.3, 0.4) is 0 Å². The molecule has 0 bridgehead atoms. The molecular formula is C25H25N7O. The van der Waals surface area contributed by atoms with Crippen LogP contribution >= 0.6 is 0 Å². The molecule has 4 aromatic rings. The molecule has 0 unspecified atom stereocenters. The second kappa shape index (κ2) is 9.20. The van der Waals surface area contributed by atoms with Crippen molar-refractivity contribution in [1.29, 1.82) is 0 Å². The van der Waals surface area contributed by atoms with Crippen LogP contribution in [0.25, 0.3) is 33.6 Å². The van der Waals surface area contributed by atoms with Gasteiger partial charge < -0.3 is 4.90 Å². The summed E-state index contributed by atoms with van der Waals surface area (Å²) in [5.41, 5.74) is 5.07. The van der Waals surface area contributed by atoms with Gasteiger partial charge in [0, 0.05) is 73.4 Å². The third-order valence-electron chi connectivity index (χ3n) is 5.99. The van der Waals surface area contributed by atoms with E-state index >= 15 is 0 Å². The van der Waals surface area contributed by atoms with Gasteiger partial charge in [-0.1, -0.05) is 18.2 Å². The predicted molar refractivity (Wildman–Crippen MR) is 126 cm³/mol. The number of aryl methyl sites for hydroxylation is 1. The first-order valence-electron chi connectivity index (χ1n) is 11.0. The van der Waals surface area contributed by atoms with Crippen LogP contribution in [0.15, 0.2) is 73.7 Å². The molecule has 1 saturated heterocycles. The van der Waals surface area contributed by atoms with E-state index in [0.717, 1.165) is 60.0 Å². The summed E-state index contributed by atoms with van der Waals surface area (Å²) in [5, 5.41) is 8.84. The Hall–Kier alpha value is -4.07. The van der Waals surface area contributed by atoms with Crippen LogP contribution in [0.4, 0.5) is 0 Å². The summed E-state index contributed by atoms with van der Waals surface area (Å²) in [4.78, 5) is 21.9. The minimum absolute atomic E-state index is 0.357. The Morgan fingerprint density at radius 2 is 1.61 bits per heavy atom. The van der Waals surface area contributed by atoms with Gasteiger partial charge in [-0.25, -0.2) is 9.97 Å². The molecule has 33 heavy (non-hydrogen) atoms. The number of likely N-dealkylation sites (tertiary alicyclic amines) is 1. The van der Waals surface area contributed by atoms with Crippen molar-refractivity contribution in [2.24, 2.45) is 7.05 Å². The second-order valence-corrected chi connectivity index (χ2v) is 8.23. The SMILES string of the molecule is Cn1cc(-c2cccc(-c3ncc(-c4cnn(C5CCN(C=CC=O)CC5)c4)cn3)c2)cn1. The fraction of sp³-hybridized carbons (Fsp3) is 0.240. The van der Waals surface area contributed by atoms with E-state index in [2.05, 4.69) is 43.4 Å². The van der Waals surface area contributed by atoms with Crippen molar-refractivity contribution in [2.75, 3.05) is 13.1 Å². The number of benzene rings is 1. The monoisotopic (exact) mass is 439 g/mol. The molecule has 3 aromatic heterocycles. The molecule has 1 aliphatic rings. The molecule has 0 aliphatic carbocycles. The number of hydrogen-bond donors (Lipinski definition) is 0. The first kappa shape index (κ1) is 20.8. The normalized spacial score (nSPS) is 14.8. The Labute approximate surface area is 192 Å². The van der Waals surface area contributed by atoms with Crippen LogP contribution in [0.2, 0.25) is 0 Å². The Morgan fingerprint density at radius 1 is 0.879 bits per heavy atom. The maximum atomic E-state index is 10.5. The van der Waals surface area contributed by atoms with Gasteiger partial charge in [0.1, 0.15) is 6.29 Å². The Balaban J connectivity index is 1.29. The lowest BCUT2D eigenvalue weighted by molar-refractivity contribution is -0.104. The molecule has 8 heteroatoms. The highest BCUT2D eigenvalue weighted by Crippen LogP contribution is 2.27. The average molecular weight is 440 g/mol. The molecular weight excluding hydrogens is 414 g/mol. The lowest BCUT2D eigenvalue weighted by atomic mass is 10.1. The molecule has 1 aliphatic heterocycles. The number of aldehydes is 1. The average Bonchev–Trinajstić information content (AvgIpc) is 3.53. The summed E-state index contributed by atoms with van der Waals surface area (Å²) in [6.45, 7) is 1.83. The quantitative estimate of drug-likeness (QED) is 0.336. The molecule has 0 atom stereocenters. The first-order chi connectivity index (χ1) is 16.2. The van der Waals surface area contributed by atoms with E-state index in [-0.39, 0.29) is 0 Å². The van der Waals surface area contributed by atoms with Crippen molar-refractivity contribution >= 4 is 6.29 Å². The van der Waals surface area contributed by atoms with Crippen LogP contribution < -0.4 is 0 Å². The molecule has 0 saturated carbocycles. The first-order valence-corrected chi connectivity index (χ1v) is 11.0. The highest BCUT2D eigenvalue weighted by Gasteiger charge is 2.19. The van der Waals surface area contributed by atoms with Gasteiger partial charge in [-0.05, 0) is 30.5 Å². The van der Waals surface area contributed by atoms with Crippen molar-refractivity contribution in [3.8, 4) is 33.6 Å². The standard InChI is InChI=1S/C25H25N7O/c1-30-17-22(15-28-30)19-4-2-5-20(12-19)25-26-13-21(14-27-25)23-16-29-32(18-23)24-6-9-31(10-7-24)8-3-11-33/h2-5,8,11-18,24H,6-7,9-10H2,1H3. The van der Waals surface area contributed by atoms with Crippen LogP contribution in [-0.2, 0) is 11.8 Å². The summed E-state index contributed by atoms with van der Waals surface area (Å²) in [6, 6.07) is 8.53. The van der Waals surface area contributed by atoms with Crippen LogP contribution in [-0.4, -0.2) is 53.8 Å². The summed E-state index contributed by atoms with van der Waals surface area (Å²) in [6.07, 6.45) is 17.7. The maximum absolute atomic E-state index is 10.5. The molecule has 8 nitrogen and oxygen atoms in total. The number of allylic oxidation sites excluding steroid dienone is 1. The smallest absolute Gasteiger partial charge is 0.159 e. The maximum Gasteiger partial charge on any atom is 0.159 e. The molecule has 166 valence electrons. The van der Waals surface area contributed by atoms with Gasteiger partial charge in [0.2, 0.25) is 0 Å². The van der Waals surface area contributed by atoms with Crippen molar-refractivity contribution in [3.63, 3.8) is 0 Å². The minimum atomic E-state index is 0.357. The highest BCUT2D eigenvalue weighted by atomic mass is 16.1. The fourth-order valence-electron chi connectivity index (χ4n) is 4.18. The summed E-state index contributed by atoms with van der Waals surface area (Å²) in [5.74, 6) is 0.688. The summed E-state index contributed by atoms with van der Waals surface area (Å²) >= 11 is 0.